The van der Waals surface area contributed by atoms with E-state index in [-0.39, 0.29) is 36.1 Å². The predicted octanol–water partition coefficient (Wildman–Crippen LogP) is 2.81. The van der Waals surface area contributed by atoms with E-state index in [4.69, 9.17) is 0 Å². The standard InChI is InChI=1S/C17H19BrN2O3S2/c18-14-6-5-11(25-14)10-24-8-7-19-15(21)9-20-16(22)12-3-1-2-4-13(12)17(20)23/h1-2,5-6,12-13H,3-4,7-10H2,(H,19,21)/t12-,13-/m1/s1. The third-order valence-electron chi connectivity index (χ3n) is 4.34. The molecule has 2 atom stereocenters. The third-order valence-corrected chi connectivity index (χ3v) is 7.16. The molecule has 0 unspecified atom stereocenters. The molecule has 25 heavy (non-hydrogen) atoms. The Morgan fingerprint density at radius 3 is 2.52 bits per heavy atom. The molecular weight excluding hydrogens is 424 g/mol. The molecule has 1 aromatic heterocycles. The molecule has 0 bridgehead atoms. The second kappa shape index (κ2) is 8.51. The molecule has 1 aliphatic carbocycles. The molecule has 1 aliphatic heterocycles. The highest BCUT2D eigenvalue weighted by Gasteiger charge is 2.47. The Morgan fingerprint density at radius 2 is 1.92 bits per heavy atom. The van der Waals surface area contributed by atoms with Crippen molar-refractivity contribution in [1.29, 1.82) is 0 Å². The number of amides is 3. The lowest BCUT2D eigenvalue weighted by Crippen LogP contribution is -2.41. The fourth-order valence-corrected chi connectivity index (χ4v) is 5.54. The van der Waals surface area contributed by atoms with Gasteiger partial charge in [-0.1, -0.05) is 12.2 Å². The number of hydrogen-bond donors (Lipinski definition) is 1. The van der Waals surface area contributed by atoms with E-state index < -0.39 is 0 Å². The number of thiophene rings is 1. The normalized spacial score (nSPS) is 22.4. The van der Waals surface area contributed by atoms with Crippen molar-refractivity contribution in [2.75, 3.05) is 18.8 Å². The van der Waals surface area contributed by atoms with E-state index in [1.807, 2.05) is 18.2 Å². The number of carbonyl (C=O) groups is 3. The van der Waals surface area contributed by atoms with Crippen LogP contribution in [0.15, 0.2) is 28.1 Å². The van der Waals surface area contributed by atoms with Crippen LogP contribution in [0.3, 0.4) is 0 Å². The van der Waals surface area contributed by atoms with Gasteiger partial charge < -0.3 is 5.32 Å². The Bertz CT molecular complexity index is 678. The van der Waals surface area contributed by atoms with Crippen LogP contribution in [-0.4, -0.2) is 41.5 Å². The Kier molecular flexibility index (Phi) is 6.35. The number of fused-ring (bicyclic) bond motifs is 1. The van der Waals surface area contributed by atoms with Crippen LogP contribution in [-0.2, 0) is 20.1 Å². The number of imide groups is 1. The van der Waals surface area contributed by atoms with Gasteiger partial charge in [0.1, 0.15) is 6.54 Å². The van der Waals surface area contributed by atoms with Crippen molar-refractivity contribution in [3.8, 4) is 0 Å². The van der Waals surface area contributed by atoms with Crippen molar-refractivity contribution in [3.05, 3.63) is 32.9 Å². The number of thioether (sulfide) groups is 1. The molecule has 2 heterocycles. The van der Waals surface area contributed by atoms with Gasteiger partial charge in [-0.25, -0.2) is 0 Å². The second-order valence-electron chi connectivity index (χ2n) is 6.03. The van der Waals surface area contributed by atoms with E-state index in [1.54, 1.807) is 23.1 Å². The summed E-state index contributed by atoms with van der Waals surface area (Å²) < 4.78 is 1.12. The lowest BCUT2D eigenvalue weighted by atomic mass is 9.85. The zero-order valence-electron chi connectivity index (χ0n) is 13.6. The van der Waals surface area contributed by atoms with Gasteiger partial charge in [-0.05, 0) is 40.9 Å². The van der Waals surface area contributed by atoms with Crippen LogP contribution in [0, 0.1) is 11.8 Å². The average Bonchev–Trinajstić information content (AvgIpc) is 3.12. The lowest BCUT2D eigenvalue weighted by molar-refractivity contribution is -0.143. The van der Waals surface area contributed by atoms with Gasteiger partial charge in [-0.2, -0.15) is 11.8 Å². The van der Waals surface area contributed by atoms with Gasteiger partial charge in [-0.3, -0.25) is 19.3 Å². The minimum absolute atomic E-state index is 0.160. The van der Waals surface area contributed by atoms with Crippen LogP contribution in [0.4, 0.5) is 0 Å². The van der Waals surface area contributed by atoms with Crippen LogP contribution < -0.4 is 5.32 Å². The summed E-state index contributed by atoms with van der Waals surface area (Å²) in [6.07, 6.45) is 5.09. The molecule has 0 radical (unpaired) electrons. The minimum Gasteiger partial charge on any atom is -0.354 e. The number of nitrogens with zero attached hydrogens (tertiary/aromatic N) is 1. The quantitative estimate of drug-likeness (QED) is 0.400. The summed E-state index contributed by atoms with van der Waals surface area (Å²) in [5.41, 5.74) is 0. The summed E-state index contributed by atoms with van der Waals surface area (Å²) in [5.74, 6) is 0.480. The molecule has 0 spiro atoms. The molecular formula is C17H19BrN2O3S2. The van der Waals surface area contributed by atoms with Crippen LogP contribution in [0.2, 0.25) is 0 Å². The van der Waals surface area contributed by atoms with Crippen molar-refractivity contribution in [3.63, 3.8) is 0 Å². The summed E-state index contributed by atoms with van der Waals surface area (Å²) in [4.78, 5) is 39.1. The number of hydrogen-bond acceptors (Lipinski definition) is 5. The number of rotatable bonds is 7. The summed E-state index contributed by atoms with van der Waals surface area (Å²) in [6, 6.07) is 4.11. The number of allylic oxidation sites excluding steroid dienone is 2. The van der Waals surface area contributed by atoms with Gasteiger partial charge in [0.25, 0.3) is 0 Å². The number of halogens is 1. The van der Waals surface area contributed by atoms with E-state index in [9.17, 15) is 14.4 Å². The maximum atomic E-state index is 12.3. The molecule has 1 fully saturated rings. The number of nitrogens with one attached hydrogen (secondary N) is 1. The Balaban J connectivity index is 1.38. The number of likely N-dealkylation sites (tertiary alicyclic amines) is 1. The molecule has 5 nitrogen and oxygen atoms in total. The summed E-state index contributed by atoms with van der Waals surface area (Å²) in [6.45, 7) is 0.369. The molecule has 2 aliphatic rings. The molecule has 1 aromatic rings. The van der Waals surface area contributed by atoms with Crippen molar-refractivity contribution in [2.24, 2.45) is 11.8 Å². The molecule has 0 aromatic carbocycles. The zero-order chi connectivity index (χ0) is 17.8. The van der Waals surface area contributed by atoms with Crippen molar-refractivity contribution >= 4 is 56.8 Å². The van der Waals surface area contributed by atoms with Crippen molar-refractivity contribution in [1.82, 2.24) is 10.2 Å². The Labute approximate surface area is 163 Å². The molecule has 134 valence electrons. The first-order valence-electron chi connectivity index (χ1n) is 8.15. The van der Waals surface area contributed by atoms with E-state index in [0.717, 1.165) is 20.2 Å². The smallest absolute Gasteiger partial charge is 0.240 e. The average molecular weight is 443 g/mol. The summed E-state index contributed by atoms with van der Waals surface area (Å²) in [7, 11) is 0. The summed E-state index contributed by atoms with van der Waals surface area (Å²) >= 11 is 6.88. The predicted molar refractivity (Wildman–Crippen MR) is 103 cm³/mol. The van der Waals surface area contributed by atoms with E-state index >= 15 is 0 Å². The highest BCUT2D eigenvalue weighted by Crippen LogP contribution is 2.34. The maximum Gasteiger partial charge on any atom is 0.240 e. The van der Waals surface area contributed by atoms with E-state index in [2.05, 4.69) is 27.3 Å². The fraction of sp³-hybridized carbons (Fsp3) is 0.471. The third kappa shape index (κ3) is 4.54. The topological polar surface area (TPSA) is 66.5 Å². The van der Waals surface area contributed by atoms with Gasteiger partial charge in [0.05, 0.1) is 15.6 Å². The van der Waals surface area contributed by atoms with Gasteiger partial charge in [0.15, 0.2) is 0 Å². The van der Waals surface area contributed by atoms with Crippen LogP contribution >= 0.6 is 39.0 Å². The number of carbonyl (C=O) groups excluding carboxylic acids is 3. The Morgan fingerprint density at radius 1 is 1.24 bits per heavy atom. The maximum absolute atomic E-state index is 12.3. The van der Waals surface area contributed by atoms with E-state index in [0.29, 0.717) is 19.4 Å². The van der Waals surface area contributed by atoms with Gasteiger partial charge in [0, 0.05) is 22.9 Å². The molecule has 1 N–H and O–H groups in total. The molecule has 1 saturated heterocycles. The van der Waals surface area contributed by atoms with Crippen LogP contribution in [0.25, 0.3) is 0 Å². The van der Waals surface area contributed by atoms with Crippen LogP contribution in [0.5, 0.6) is 0 Å². The molecule has 8 heteroatoms. The monoisotopic (exact) mass is 442 g/mol. The molecule has 0 saturated carbocycles. The van der Waals surface area contributed by atoms with Gasteiger partial charge in [0.2, 0.25) is 17.7 Å². The first kappa shape index (κ1) is 18.7. The zero-order valence-corrected chi connectivity index (χ0v) is 16.8. The largest absolute Gasteiger partial charge is 0.354 e. The van der Waals surface area contributed by atoms with Crippen molar-refractivity contribution in [2.45, 2.75) is 18.6 Å². The van der Waals surface area contributed by atoms with E-state index in [1.165, 1.54) is 4.88 Å². The highest BCUT2D eigenvalue weighted by atomic mass is 79.9. The summed E-state index contributed by atoms with van der Waals surface area (Å²) in [5, 5.41) is 2.80. The SMILES string of the molecule is O=C(CN1C(=O)[C@@H]2CC=CC[C@H]2C1=O)NCCSCc1ccc(Br)s1. The fourth-order valence-electron chi connectivity index (χ4n) is 3.09. The van der Waals surface area contributed by atoms with Crippen LogP contribution in [0.1, 0.15) is 17.7 Å². The molecule has 3 amide bonds. The van der Waals surface area contributed by atoms with Gasteiger partial charge >= 0.3 is 0 Å². The second-order valence-corrected chi connectivity index (χ2v) is 9.68. The highest BCUT2D eigenvalue weighted by molar-refractivity contribution is 9.11. The van der Waals surface area contributed by atoms with Crippen molar-refractivity contribution < 1.29 is 14.4 Å². The first-order valence-corrected chi connectivity index (χ1v) is 10.9. The molecule has 3 rings (SSSR count). The minimum atomic E-state index is -0.272. The van der Waals surface area contributed by atoms with Gasteiger partial charge in [-0.15, -0.1) is 11.3 Å². The Hall–Kier alpha value is -1.12. The lowest BCUT2D eigenvalue weighted by Gasteiger charge is -2.14. The first-order chi connectivity index (χ1) is 12.1.